The molecule has 4 nitrogen and oxygen atoms in total. The summed E-state index contributed by atoms with van der Waals surface area (Å²) in [5.74, 6) is -0.512. The maximum absolute atomic E-state index is 13.1. The molecular weight excluding hydrogens is 252 g/mol. The third kappa shape index (κ3) is 3.57. The molecule has 1 unspecified atom stereocenters. The number of rotatable bonds is 5. The molecule has 0 amide bonds. The second kappa shape index (κ2) is 5.88. The molecule has 2 rings (SSSR count). The van der Waals surface area contributed by atoms with Gasteiger partial charge in [0.15, 0.2) is 17.5 Å². The van der Waals surface area contributed by atoms with E-state index in [1.54, 1.807) is 13.0 Å². The summed E-state index contributed by atoms with van der Waals surface area (Å²) >= 11 is 0. The molecule has 0 fully saturated rings. The van der Waals surface area contributed by atoms with Gasteiger partial charge < -0.3 is 9.84 Å². The molecule has 102 valence electrons. The molecule has 0 saturated carbocycles. The lowest BCUT2D eigenvalue weighted by atomic mass is 10.1. The van der Waals surface area contributed by atoms with Gasteiger partial charge in [0.25, 0.3) is 0 Å². The lowest BCUT2D eigenvalue weighted by molar-refractivity contribution is 0.370. The average molecular weight is 267 g/mol. The molecule has 1 atom stereocenters. The predicted octanol–water partition coefficient (Wildman–Crippen LogP) is 2.55. The van der Waals surface area contributed by atoms with Crippen LogP contribution in [0, 0.1) is 18.6 Å². The highest BCUT2D eigenvalue weighted by molar-refractivity contribution is 5.20. The molecule has 1 N–H and O–H groups in total. The Morgan fingerprint density at radius 2 is 2.11 bits per heavy atom. The van der Waals surface area contributed by atoms with E-state index >= 15 is 0 Å². The minimum Gasteiger partial charge on any atom is -0.339 e. The van der Waals surface area contributed by atoms with E-state index in [-0.39, 0.29) is 6.04 Å². The van der Waals surface area contributed by atoms with Crippen LogP contribution in [0.5, 0.6) is 0 Å². The number of hydrogen-bond donors (Lipinski definition) is 1. The number of hydrogen-bond acceptors (Lipinski definition) is 4. The fourth-order valence-corrected chi connectivity index (χ4v) is 1.74. The molecule has 2 aromatic rings. The minimum atomic E-state index is -0.836. The first-order chi connectivity index (χ1) is 9.06. The fraction of sp³-hybridized carbons (Fsp3) is 0.385. The second-order valence-corrected chi connectivity index (χ2v) is 4.33. The van der Waals surface area contributed by atoms with Crippen molar-refractivity contribution in [3.63, 3.8) is 0 Å². The monoisotopic (exact) mass is 267 g/mol. The SMILES string of the molecule is Cc1noc(CCNC(C)c2ccc(F)c(F)c2)n1. The van der Waals surface area contributed by atoms with Gasteiger partial charge in [-0.05, 0) is 31.5 Å². The lowest BCUT2D eigenvalue weighted by Crippen LogP contribution is -2.21. The highest BCUT2D eigenvalue weighted by Crippen LogP contribution is 2.15. The van der Waals surface area contributed by atoms with Gasteiger partial charge in [0, 0.05) is 19.0 Å². The third-order valence-corrected chi connectivity index (χ3v) is 2.80. The smallest absolute Gasteiger partial charge is 0.227 e. The van der Waals surface area contributed by atoms with E-state index < -0.39 is 11.6 Å². The van der Waals surface area contributed by atoms with Gasteiger partial charge >= 0.3 is 0 Å². The van der Waals surface area contributed by atoms with Gasteiger partial charge in [0.1, 0.15) is 0 Å². The zero-order valence-electron chi connectivity index (χ0n) is 10.8. The summed E-state index contributed by atoms with van der Waals surface area (Å²) in [5, 5.41) is 6.88. The quantitative estimate of drug-likeness (QED) is 0.904. The standard InChI is InChI=1S/C13H15F2N3O/c1-8(10-3-4-11(14)12(15)7-10)16-6-5-13-17-9(2)18-19-13/h3-4,7-8,16H,5-6H2,1-2H3. The Morgan fingerprint density at radius 3 is 2.74 bits per heavy atom. The van der Waals surface area contributed by atoms with Crippen LogP contribution >= 0.6 is 0 Å². The molecule has 19 heavy (non-hydrogen) atoms. The number of halogens is 2. The zero-order valence-corrected chi connectivity index (χ0v) is 10.8. The van der Waals surface area contributed by atoms with E-state index in [1.807, 2.05) is 6.92 Å². The Bertz CT molecular complexity index is 557. The molecule has 0 bridgehead atoms. The van der Waals surface area contributed by atoms with E-state index in [1.165, 1.54) is 6.07 Å². The Labute approximate surface area is 109 Å². The van der Waals surface area contributed by atoms with Crippen molar-refractivity contribution in [2.45, 2.75) is 26.3 Å². The van der Waals surface area contributed by atoms with Crippen molar-refractivity contribution in [1.82, 2.24) is 15.5 Å². The normalized spacial score (nSPS) is 12.6. The number of nitrogens with one attached hydrogen (secondary N) is 1. The van der Waals surface area contributed by atoms with Crippen molar-refractivity contribution in [1.29, 1.82) is 0 Å². The van der Waals surface area contributed by atoms with Crippen molar-refractivity contribution in [2.75, 3.05) is 6.54 Å². The summed E-state index contributed by atoms with van der Waals surface area (Å²) in [6.07, 6.45) is 0.592. The van der Waals surface area contributed by atoms with Gasteiger partial charge in [-0.3, -0.25) is 0 Å². The largest absolute Gasteiger partial charge is 0.339 e. The maximum Gasteiger partial charge on any atom is 0.227 e. The van der Waals surface area contributed by atoms with Gasteiger partial charge in [-0.2, -0.15) is 4.98 Å². The molecular formula is C13H15F2N3O. The van der Waals surface area contributed by atoms with Crippen molar-refractivity contribution < 1.29 is 13.3 Å². The van der Waals surface area contributed by atoms with Crippen LogP contribution in [-0.4, -0.2) is 16.7 Å². The number of aromatic nitrogens is 2. The van der Waals surface area contributed by atoms with Crippen molar-refractivity contribution in [3.8, 4) is 0 Å². The van der Waals surface area contributed by atoms with Gasteiger partial charge in [0.2, 0.25) is 5.89 Å². The maximum atomic E-state index is 13.1. The molecule has 1 heterocycles. The first-order valence-corrected chi connectivity index (χ1v) is 6.04. The van der Waals surface area contributed by atoms with Crippen LogP contribution < -0.4 is 5.32 Å². The molecule has 0 spiro atoms. The number of benzene rings is 1. The highest BCUT2D eigenvalue weighted by atomic mass is 19.2. The van der Waals surface area contributed by atoms with Gasteiger partial charge in [-0.1, -0.05) is 11.2 Å². The van der Waals surface area contributed by atoms with Crippen LogP contribution in [0.1, 0.15) is 30.2 Å². The molecule has 0 radical (unpaired) electrons. The van der Waals surface area contributed by atoms with Crippen LogP contribution in [0.3, 0.4) is 0 Å². The molecule has 0 saturated heterocycles. The Morgan fingerprint density at radius 1 is 1.32 bits per heavy atom. The molecule has 0 aliphatic rings. The topological polar surface area (TPSA) is 51.0 Å². The Balaban J connectivity index is 1.86. The molecule has 0 aliphatic heterocycles. The number of nitrogens with zero attached hydrogens (tertiary/aromatic N) is 2. The second-order valence-electron chi connectivity index (χ2n) is 4.33. The number of aryl methyl sites for hydroxylation is 1. The molecule has 0 aliphatic carbocycles. The van der Waals surface area contributed by atoms with Crippen LogP contribution in [0.2, 0.25) is 0 Å². The first-order valence-electron chi connectivity index (χ1n) is 6.04. The Hall–Kier alpha value is -1.82. The molecule has 1 aromatic carbocycles. The summed E-state index contributed by atoms with van der Waals surface area (Å²) in [7, 11) is 0. The van der Waals surface area contributed by atoms with Gasteiger partial charge in [-0.25, -0.2) is 8.78 Å². The van der Waals surface area contributed by atoms with Crippen molar-refractivity contribution in [2.24, 2.45) is 0 Å². The summed E-state index contributed by atoms with van der Waals surface area (Å²) < 4.78 is 30.9. The first kappa shape index (κ1) is 13.6. The van der Waals surface area contributed by atoms with Crippen LogP contribution in [0.25, 0.3) is 0 Å². The summed E-state index contributed by atoms with van der Waals surface area (Å²) in [5.41, 5.74) is 0.695. The average Bonchev–Trinajstić information content (AvgIpc) is 2.78. The molecule has 6 heteroatoms. The van der Waals surface area contributed by atoms with Crippen molar-refractivity contribution in [3.05, 3.63) is 47.1 Å². The lowest BCUT2D eigenvalue weighted by Gasteiger charge is -2.13. The fourth-order valence-electron chi connectivity index (χ4n) is 1.74. The highest BCUT2D eigenvalue weighted by Gasteiger charge is 2.09. The third-order valence-electron chi connectivity index (χ3n) is 2.80. The Kier molecular flexibility index (Phi) is 4.21. The predicted molar refractivity (Wildman–Crippen MR) is 65.5 cm³/mol. The van der Waals surface area contributed by atoms with E-state index in [2.05, 4.69) is 15.5 Å². The van der Waals surface area contributed by atoms with Gasteiger partial charge in [-0.15, -0.1) is 0 Å². The van der Waals surface area contributed by atoms with Gasteiger partial charge in [0.05, 0.1) is 0 Å². The summed E-state index contributed by atoms with van der Waals surface area (Å²) in [4.78, 5) is 4.08. The summed E-state index contributed by atoms with van der Waals surface area (Å²) in [6, 6.07) is 3.81. The van der Waals surface area contributed by atoms with Crippen molar-refractivity contribution >= 4 is 0 Å². The zero-order chi connectivity index (χ0) is 13.8. The van der Waals surface area contributed by atoms with E-state index in [0.717, 1.165) is 6.07 Å². The van der Waals surface area contributed by atoms with Crippen LogP contribution in [0.15, 0.2) is 22.7 Å². The molecule has 1 aromatic heterocycles. The van der Waals surface area contributed by atoms with Crippen LogP contribution in [-0.2, 0) is 6.42 Å². The van der Waals surface area contributed by atoms with E-state index in [4.69, 9.17) is 4.52 Å². The minimum absolute atomic E-state index is 0.0841. The van der Waals surface area contributed by atoms with E-state index in [0.29, 0.717) is 30.2 Å². The summed E-state index contributed by atoms with van der Waals surface area (Å²) in [6.45, 7) is 4.25. The van der Waals surface area contributed by atoms with E-state index in [9.17, 15) is 8.78 Å². The van der Waals surface area contributed by atoms with Crippen LogP contribution in [0.4, 0.5) is 8.78 Å².